The molecule has 2 aromatic heterocycles. The van der Waals surface area contributed by atoms with Crippen LogP contribution in [0.2, 0.25) is 5.02 Å². The molecule has 3 heterocycles. The second kappa shape index (κ2) is 9.68. The summed E-state index contributed by atoms with van der Waals surface area (Å²) in [6.45, 7) is 4.80. The van der Waals surface area contributed by atoms with E-state index in [1.165, 1.54) is 10.8 Å². The van der Waals surface area contributed by atoms with Crippen molar-refractivity contribution in [3.63, 3.8) is 0 Å². The average Bonchev–Trinajstić information content (AvgIpc) is 2.82. The van der Waals surface area contributed by atoms with Crippen molar-refractivity contribution in [2.75, 3.05) is 18.4 Å². The maximum absolute atomic E-state index is 13.2. The lowest BCUT2D eigenvalue weighted by atomic mass is 9.96. The van der Waals surface area contributed by atoms with E-state index in [0.717, 1.165) is 0 Å². The summed E-state index contributed by atoms with van der Waals surface area (Å²) in [6.07, 6.45) is 4.45. The zero-order valence-electron chi connectivity index (χ0n) is 17.7. The molecule has 2 N–H and O–H groups in total. The zero-order valence-corrected chi connectivity index (χ0v) is 19.3. The SMILES string of the molecule is C=CCn1c(=S)[nH]c2cc(C(=O)N3CCCC(C(=O)Nc4ccc(Cl)cn4)C3)ccc2c1=O. The Morgan fingerprint density at radius 3 is 2.88 bits per heavy atom. The molecule has 4 rings (SSSR count). The van der Waals surface area contributed by atoms with Gasteiger partial charge in [-0.15, -0.1) is 6.58 Å². The second-order valence-electron chi connectivity index (χ2n) is 7.84. The van der Waals surface area contributed by atoms with Gasteiger partial charge in [0.05, 0.1) is 21.8 Å². The molecule has 1 aromatic carbocycles. The molecule has 0 aliphatic carbocycles. The number of allylic oxidation sites excluding steroid dienone is 1. The summed E-state index contributed by atoms with van der Waals surface area (Å²) in [4.78, 5) is 47.3. The number of amides is 2. The number of benzene rings is 1. The van der Waals surface area contributed by atoms with E-state index in [1.54, 1.807) is 41.3 Å². The number of aromatic amines is 1. The van der Waals surface area contributed by atoms with Crippen molar-refractivity contribution in [2.45, 2.75) is 19.4 Å². The van der Waals surface area contributed by atoms with Crippen molar-refractivity contribution in [1.29, 1.82) is 0 Å². The number of nitrogens with zero attached hydrogens (tertiary/aromatic N) is 3. The minimum atomic E-state index is -0.349. The summed E-state index contributed by atoms with van der Waals surface area (Å²) in [6, 6.07) is 8.17. The van der Waals surface area contributed by atoms with Crippen LogP contribution in [0.5, 0.6) is 0 Å². The van der Waals surface area contributed by atoms with Crippen molar-refractivity contribution in [2.24, 2.45) is 5.92 Å². The van der Waals surface area contributed by atoms with E-state index >= 15 is 0 Å². The summed E-state index contributed by atoms with van der Waals surface area (Å²) in [5, 5.41) is 3.71. The molecule has 0 bridgehead atoms. The van der Waals surface area contributed by atoms with Gasteiger partial charge in [0.1, 0.15) is 5.82 Å². The largest absolute Gasteiger partial charge is 0.338 e. The van der Waals surface area contributed by atoms with E-state index in [4.69, 9.17) is 23.8 Å². The van der Waals surface area contributed by atoms with Crippen molar-refractivity contribution in [1.82, 2.24) is 19.4 Å². The third-order valence-corrected chi connectivity index (χ3v) is 6.14. The first-order valence-corrected chi connectivity index (χ1v) is 11.3. The minimum Gasteiger partial charge on any atom is -0.338 e. The number of rotatable bonds is 5. The fraction of sp³-hybridized carbons (Fsp3) is 0.261. The smallest absolute Gasteiger partial charge is 0.262 e. The van der Waals surface area contributed by atoms with E-state index in [-0.39, 0.29) is 28.1 Å². The molecule has 1 unspecified atom stereocenters. The fourth-order valence-corrected chi connectivity index (χ4v) is 4.30. The van der Waals surface area contributed by atoms with Crippen molar-refractivity contribution < 1.29 is 9.59 Å². The first-order chi connectivity index (χ1) is 15.9. The lowest BCUT2D eigenvalue weighted by Crippen LogP contribution is -2.43. The quantitative estimate of drug-likeness (QED) is 0.425. The number of likely N-dealkylation sites (tertiary alicyclic amines) is 1. The third-order valence-electron chi connectivity index (χ3n) is 5.60. The van der Waals surface area contributed by atoms with Crippen LogP contribution in [-0.2, 0) is 11.3 Å². The van der Waals surface area contributed by atoms with Crippen LogP contribution >= 0.6 is 23.8 Å². The first kappa shape index (κ1) is 22.9. The number of hydrogen-bond donors (Lipinski definition) is 2. The summed E-state index contributed by atoms with van der Waals surface area (Å²) in [7, 11) is 0. The molecule has 0 saturated carbocycles. The summed E-state index contributed by atoms with van der Waals surface area (Å²) >= 11 is 11.1. The van der Waals surface area contributed by atoms with Gasteiger partial charge in [0.15, 0.2) is 4.77 Å². The number of aromatic nitrogens is 3. The molecule has 0 radical (unpaired) electrons. The monoisotopic (exact) mass is 483 g/mol. The number of fused-ring (bicyclic) bond motifs is 1. The van der Waals surface area contributed by atoms with Crippen LogP contribution in [0.1, 0.15) is 23.2 Å². The highest BCUT2D eigenvalue weighted by Gasteiger charge is 2.29. The maximum atomic E-state index is 13.2. The minimum absolute atomic E-state index is 0.187. The van der Waals surface area contributed by atoms with Crippen molar-refractivity contribution >= 4 is 52.4 Å². The fourth-order valence-electron chi connectivity index (χ4n) is 3.92. The predicted octanol–water partition coefficient (Wildman–Crippen LogP) is 3.78. The molecule has 0 spiro atoms. The summed E-state index contributed by atoms with van der Waals surface area (Å²) in [5.74, 6) is -0.321. The Balaban J connectivity index is 1.52. The van der Waals surface area contributed by atoms with Gasteiger partial charge in [-0.1, -0.05) is 17.7 Å². The maximum Gasteiger partial charge on any atom is 0.262 e. The van der Waals surface area contributed by atoms with Crippen LogP contribution in [0.25, 0.3) is 10.9 Å². The van der Waals surface area contributed by atoms with Crippen molar-refractivity contribution in [3.8, 4) is 0 Å². The predicted molar refractivity (Wildman–Crippen MR) is 130 cm³/mol. The zero-order chi connectivity index (χ0) is 23.5. The highest BCUT2D eigenvalue weighted by Crippen LogP contribution is 2.21. The highest BCUT2D eigenvalue weighted by molar-refractivity contribution is 7.71. The Morgan fingerprint density at radius 2 is 2.15 bits per heavy atom. The number of piperidine rings is 1. The molecule has 33 heavy (non-hydrogen) atoms. The van der Waals surface area contributed by atoms with Crippen LogP contribution in [-0.4, -0.2) is 44.3 Å². The Hall–Kier alpha value is -3.30. The number of anilines is 1. The third kappa shape index (κ3) is 4.89. The molecule has 3 aromatic rings. The first-order valence-electron chi connectivity index (χ1n) is 10.5. The average molecular weight is 484 g/mol. The van der Waals surface area contributed by atoms with Gasteiger partial charge in [-0.3, -0.25) is 19.0 Å². The van der Waals surface area contributed by atoms with E-state index in [0.29, 0.717) is 59.8 Å². The van der Waals surface area contributed by atoms with Crippen LogP contribution in [0, 0.1) is 10.7 Å². The molecule has 10 heteroatoms. The normalized spacial score (nSPS) is 15.9. The number of carbonyl (C=O) groups is 2. The Bertz CT molecular complexity index is 1350. The van der Waals surface area contributed by atoms with E-state index in [2.05, 4.69) is 21.9 Å². The van der Waals surface area contributed by atoms with Gasteiger partial charge < -0.3 is 15.2 Å². The van der Waals surface area contributed by atoms with E-state index < -0.39 is 0 Å². The molecule has 1 saturated heterocycles. The number of halogens is 1. The molecular weight excluding hydrogens is 462 g/mol. The summed E-state index contributed by atoms with van der Waals surface area (Å²) in [5.41, 5.74) is 0.684. The molecule has 1 atom stereocenters. The Morgan fingerprint density at radius 1 is 1.33 bits per heavy atom. The molecule has 1 fully saturated rings. The van der Waals surface area contributed by atoms with Gasteiger partial charge in [0.2, 0.25) is 5.91 Å². The van der Waals surface area contributed by atoms with Gasteiger partial charge in [0.25, 0.3) is 11.5 Å². The van der Waals surface area contributed by atoms with Crippen LogP contribution in [0.4, 0.5) is 5.82 Å². The lowest BCUT2D eigenvalue weighted by Gasteiger charge is -2.32. The molecule has 1 aliphatic heterocycles. The number of hydrogen-bond acceptors (Lipinski definition) is 5. The number of nitrogens with one attached hydrogen (secondary N) is 2. The molecule has 8 nitrogen and oxygen atoms in total. The number of pyridine rings is 1. The van der Waals surface area contributed by atoms with E-state index in [1.807, 2.05) is 0 Å². The molecular formula is C23H22ClN5O3S. The summed E-state index contributed by atoms with van der Waals surface area (Å²) < 4.78 is 1.68. The standard InChI is InChI=1S/C23H22ClN5O3S/c1-2-9-29-22(32)17-7-5-14(11-18(17)26-23(29)33)21(31)28-10-3-4-15(13-28)20(30)27-19-8-6-16(24)12-25-19/h2,5-8,11-12,15H,1,3-4,9-10,13H2,(H,26,33)(H,25,27,30). The molecule has 2 amide bonds. The molecule has 170 valence electrons. The van der Waals surface area contributed by atoms with Crippen molar-refractivity contribution in [3.05, 3.63) is 74.9 Å². The van der Waals surface area contributed by atoms with Gasteiger partial charge in [0, 0.05) is 31.4 Å². The Labute approximate surface area is 199 Å². The molecule has 1 aliphatic rings. The van der Waals surface area contributed by atoms with Crippen LogP contribution in [0.3, 0.4) is 0 Å². The number of H-pyrrole nitrogens is 1. The van der Waals surface area contributed by atoms with Gasteiger partial charge in [-0.25, -0.2) is 4.98 Å². The second-order valence-corrected chi connectivity index (χ2v) is 8.66. The van der Waals surface area contributed by atoms with Crippen LogP contribution in [0.15, 0.2) is 54.0 Å². The van der Waals surface area contributed by atoms with E-state index in [9.17, 15) is 14.4 Å². The number of carbonyl (C=O) groups excluding carboxylic acids is 2. The van der Waals surface area contributed by atoms with Crippen LogP contribution < -0.4 is 10.9 Å². The van der Waals surface area contributed by atoms with Gasteiger partial charge in [-0.2, -0.15) is 0 Å². The Kier molecular flexibility index (Phi) is 6.71. The lowest BCUT2D eigenvalue weighted by molar-refractivity contribution is -0.121. The van der Waals surface area contributed by atoms with Gasteiger partial charge >= 0.3 is 0 Å². The topological polar surface area (TPSA) is 100 Å². The highest BCUT2D eigenvalue weighted by atomic mass is 35.5. The van der Waals surface area contributed by atoms with Gasteiger partial charge in [-0.05, 0) is 55.4 Å².